The van der Waals surface area contributed by atoms with Gasteiger partial charge in [-0.1, -0.05) is 29.8 Å². The van der Waals surface area contributed by atoms with E-state index in [9.17, 15) is 22.7 Å². The van der Waals surface area contributed by atoms with Crippen LogP contribution >= 0.6 is 11.6 Å². The molecule has 2 aromatic carbocycles. The third-order valence-corrected chi connectivity index (χ3v) is 5.26. The fourth-order valence-corrected chi connectivity index (χ4v) is 3.40. The standard InChI is InChI=1S/C22H14ClF4N3O/c1-10-7-16(29-9-13(10)23)30-21(17-18(26)14(24)8-15(25)19(17)27)12-5-4-11-3-2-6-28-20(11)22(12)31/h2-9,21,31H,1H3,(H,29,30). The van der Waals surface area contributed by atoms with Crippen LogP contribution in [0.2, 0.25) is 5.02 Å². The molecule has 4 aromatic rings. The first-order chi connectivity index (χ1) is 14.8. The number of aromatic hydroxyl groups is 1. The molecule has 2 N–H and O–H groups in total. The number of fused-ring (bicyclic) bond motifs is 1. The number of hydrogen-bond donors (Lipinski definition) is 2. The van der Waals surface area contributed by atoms with Crippen LogP contribution in [0.5, 0.6) is 5.75 Å². The quantitative estimate of drug-likeness (QED) is 0.295. The van der Waals surface area contributed by atoms with Crippen LogP contribution in [-0.4, -0.2) is 15.1 Å². The number of hydrogen-bond acceptors (Lipinski definition) is 4. The Balaban J connectivity index is 1.96. The van der Waals surface area contributed by atoms with E-state index in [-0.39, 0.29) is 23.0 Å². The van der Waals surface area contributed by atoms with E-state index in [1.165, 1.54) is 24.5 Å². The van der Waals surface area contributed by atoms with Crippen LogP contribution in [0.15, 0.2) is 48.8 Å². The highest BCUT2D eigenvalue weighted by Crippen LogP contribution is 2.39. The van der Waals surface area contributed by atoms with E-state index in [0.717, 1.165) is 0 Å². The molecule has 0 fully saturated rings. The van der Waals surface area contributed by atoms with E-state index in [1.54, 1.807) is 25.1 Å². The molecule has 9 heteroatoms. The Morgan fingerprint density at radius 1 is 1.00 bits per heavy atom. The van der Waals surface area contributed by atoms with Gasteiger partial charge < -0.3 is 10.4 Å². The molecule has 31 heavy (non-hydrogen) atoms. The van der Waals surface area contributed by atoms with Crippen molar-refractivity contribution in [2.24, 2.45) is 0 Å². The summed E-state index contributed by atoms with van der Waals surface area (Å²) in [6.45, 7) is 1.69. The molecule has 2 aromatic heterocycles. The van der Waals surface area contributed by atoms with E-state index in [4.69, 9.17) is 11.6 Å². The van der Waals surface area contributed by atoms with Gasteiger partial charge in [0.2, 0.25) is 0 Å². The highest BCUT2D eigenvalue weighted by molar-refractivity contribution is 6.31. The topological polar surface area (TPSA) is 58.0 Å². The van der Waals surface area contributed by atoms with Gasteiger partial charge in [-0.2, -0.15) is 0 Å². The first-order valence-electron chi connectivity index (χ1n) is 9.06. The van der Waals surface area contributed by atoms with Crippen LogP contribution in [-0.2, 0) is 0 Å². The van der Waals surface area contributed by atoms with Crippen LogP contribution < -0.4 is 5.32 Å². The SMILES string of the molecule is Cc1cc(NC(c2ccc3cccnc3c2O)c2c(F)c(F)cc(F)c2F)ncc1Cl. The van der Waals surface area contributed by atoms with Crippen molar-refractivity contribution in [3.8, 4) is 5.75 Å². The van der Waals surface area contributed by atoms with Gasteiger partial charge in [-0.3, -0.25) is 4.98 Å². The van der Waals surface area contributed by atoms with Crippen molar-refractivity contribution in [2.75, 3.05) is 5.32 Å². The predicted molar refractivity (Wildman–Crippen MR) is 109 cm³/mol. The lowest BCUT2D eigenvalue weighted by molar-refractivity contribution is 0.431. The number of rotatable bonds is 4. The summed E-state index contributed by atoms with van der Waals surface area (Å²) in [5.74, 6) is -6.61. The van der Waals surface area contributed by atoms with Crippen molar-refractivity contribution in [1.82, 2.24) is 9.97 Å². The molecule has 158 valence electrons. The number of nitrogens with one attached hydrogen (secondary N) is 1. The molecule has 0 saturated carbocycles. The average molecular weight is 448 g/mol. The van der Waals surface area contributed by atoms with Crippen LogP contribution in [0.4, 0.5) is 23.4 Å². The number of anilines is 1. The van der Waals surface area contributed by atoms with Gasteiger partial charge in [0.1, 0.15) is 17.1 Å². The third-order valence-electron chi connectivity index (χ3n) is 4.86. The second-order valence-corrected chi connectivity index (χ2v) is 7.26. The summed E-state index contributed by atoms with van der Waals surface area (Å²) < 4.78 is 57.4. The Bertz CT molecular complexity index is 1290. The molecule has 0 aliphatic carbocycles. The molecule has 0 aliphatic heterocycles. The molecule has 0 radical (unpaired) electrons. The number of phenols is 1. The van der Waals surface area contributed by atoms with Crippen molar-refractivity contribution < 1.29 is 22.7 Å². The molecule has 0 spiro atoms. The molecule has 2 heterocycles. The molecule has 4 nitrogen and oxygen atoms in total. The van der Waals surface area contributed by atoms with Crippen LogP contribution in [0.25, 0.3) is 10.9 Å². The Kier molecular flexibility index (Phi) is 5.41. The Hall–Kier alpha value is -3.39. The van der Waals surface area contributed by atoms with Crippen molar-refractivity contribution in [3.05, 3.63) is 93.8 Å². The number of pyridine rings is 2. The average Bonchev–Trinajstić information content (AvgIpc) is 2.75. The summed E-state index contributed by atoms with van der Waals surface area (Å²) in [6.07, 6.45) is 2.75. The van der Waals surface area contributed by atoms with E-state index >= 15 is 0 Å². The van der Waals surface area contributed by atoms with Crippen LogP contribution in [0.3, 0.4) is 0 Å². The summed E-state index contributed by atoms with van der Waals surface area (Å²) in [4.78, 5) is 8.14. The maximum absolute atomic E-state index is 14.7. The van der Waals surface area contributed by atoms with Gasteiger partial charge in [0.05, 0.1) is 16.6 Å². The Morgan fingerprint density at radius 3 is 2.39 bits per heavy atom. The summed E-state index contributed by atoms with van der Waals surface area (Å²) in [5.41, 5.74) is -0.237. The normalized spacial score (nSPS) is 12.2. The zero-order valence-corrected chi connectivity index (χ0v) is 16.7. The number of aromatic nitrogens is 2. The minimum absolute atomic E-state index is 0.0524. The van der Waals surface area contributed by atoms with Gasteiger partial charge in [-0.25, -0.2) is 22.5 Å². The van der Waals surface area contributed by atoms with Crippen molar-refractivity contribution >= 4 is 28.3 Å². The summed E-state index contributed by atoms with van der Waals surface area (Å²) >= 11 is 5.98. The highest BCUT2D eigenvalue weighted by atomic mass is 35.5. The molecular weight excluding hydrogens is 434 g/mol. The van der Waals surface area contributed by atoms with Crippen molar-refractivity contribution in [3.63, 3.8) is 0 Å². The largest absolute Gasteiger partial charge is 0.505 e. The van der Waals surface area contributed by atoms with Crippen LogP contribution in [0, 0.1) is 30.2 Å². The number of benzene rings is 2. The first kappa shape index (κ1) is 20.9. The number of halogens is 5. The lowest BCUT2D eigenvalue weighted by Crippen LogP contribution is -2.19. The van der Waals surface area contributed by atoms with Gasteiger partial charge in [-0.05, 0) is 24.6 Å². The zero-order valence-electron chi connectivity index (χ0n) is 15.9. The highest BCUT2D eigenvalue weighted by Gasteiger charge is 2.30. The summed E-state index contributed by atoms with van der Waals surface area (Å²) in [7, 11) is 0. The minimum atomic E-state index is -1.59. The number of aryl methyl sites for hydroxylation is 1. The molecule has 0 bridgehead atoms. The van der Waals surface area contributed by atoms with Gasteiger partial charge in [0, 0.05) is 29.4 Å². The summed E-state index contributed by atoms with van der Waals surface area (Å²) in [5, 5.41) is 14.5. The van der Waals surface area contributed by atoms with Crippen molar-refractivity contribution in [1.29, 1.82) is 0 Å². The number of phenolic OH excluding ortho intramolecular Hbond substituents is 1. The second-order valence-electron chi connectivity index (χ2n) is 6.86. The van der Waals surface area contributed by atoms with Gasteiger partial charge in [0.25, 0.3) is 0 Å². The second kappa shape index (κ2) is 8.03. The lowest BCUT2D eigenvalue weighted by atomic mass is 9.95. The van der Waals surface area contributed by atoms with E-state index < -0.39 is 40.6 Å². The molecule has 4 rings (SSSR count). The molecular formula is C22H14ClF4N3O. The fraction of sp³-hybridized carbons (Fsp3) is 0.0909. The Labute approximate surface area is 179 Å². The lowest BCUT2D eigenvalue weighted by Gasteiger charge is -2.23. The van der Waals surface area contributed by atoms with Crippen LogP contribution in [0.1, 0.15) is 22.7 Å². The van der Waals surface area contributed by atoms with Crippen molar-refractivity contribution in [2.45, 2.75) is 13.0 Å². The number of nitrogens with zero attached hydrogens (tertiary/aromatic N) is 2. The van der Waals surface area contributed by atoms with Gasteiger partial charge in [0.15, 0.2) is 23.3 Å². The van der Waals surface area contributed by atoms with E-state index in [0.29, 0.717) is 16.0 Å². The first-order valence-corrected chi connectivity index (χ1v) is 9.44. The molecule has 0 amide bonds. The molecule has 1 atom stereocenters. The molecule has 0 saturated heterocycles. The minimum Gasteiger partial charge on any atom is -0.505 e. The van der Waals surface area contributed by atoms with Gasteiger partial charge in [-0.15, -0.1) is 0 Å². The maximum atomic E-state index is 14.7. The smallest absolute Gasteiger partial charge is 0.167 e. The molecule has 0 aliphatic rings. The fourth-order valence-electron chi connectivity index (χ4n) is 3.29. The van der Waals surface area contributed by atoms with Gasteiger partial charge >= 0.3 is 0 Å². The van der Waals surface area contributed by atoms with E-state index in [1.807, 2.05) is 0 Å². The Morgan fingerprint density at radius 2 is 1.71 bits per heavy atom. The van der Waals surface area contributed by atoms with E-state index in [2.05, 4.69) is 15.3 Å². The molecule has 1 unspecified atom stereocenters. The monoisotopic (exact) mass is 447 g/mol. The zero-order chi connectivity index (χ0) is 22.3. The summed E-state index contributed by atoms with van der Waals surface area (Å²) in [6, 6.07) is 6.37. The maximum Gasteiger partial charge on any atom is 0.167 e. The predicted octanol–water partition coefficient (Wildman–Crippen LogP) is 6.06. The third kappa shape index (κ3) is 3.74.